The lowest BCUT2D eigenvalue weighted by Gasteiger charge is -2.36. The fourth-order valence-electron chi connectivity index (χ4n) is 10.4. The molecule has 454 valence electrons. The third kappa shape index (κ3) is 16.8. The van der Waals surface area contributed by atoms with Crippen LogP contribution in [0.2, 0.25) is 0 Å². The molecule has 0 bridgehead atoms. The van der Waals surface area contributed by atoms with Crippen LogP contribution < -0.4 is 37.7 Å². The third-order valence-electron chi connectivity index (χ3n) is 14.7. The normalized spacial score (nSPS) is 16.7. The Morgan fingerprint density at radius 2 is 1.45 bits per heavy atom. The zero-order chi connectivity index (χ0) is 59.7. The highest BCUT2D eigenvalue weighted by Gasteiger charge is 2.45. The van der Waals surface area contributed by atoms with E-state index in [1.54, 1.807) is 18.2 Å². The van der Waals surface area contributed by atoms with Gasteiger partial charge in [-0.05, 0) is 91.4 Å². The van der Waals surface area contributed by atoms with Gasteiger partial charge in [-0.1, -0.05) is 12.1 Å². The molecule has 0 aliphatic carbocycles. The minimum Gasteiger partial charge on any atom is -0.399 e. The van der Waals surface area contributed by atoms with Crippen LogP contribution in [0.5, 0.6) is 0 Å². The van der Waals surface area contributed by atoms with Gasteiger partial charge in [0.05, 0.1) is 108 Å². The first-order valence-electron chi connectivity index (χ1n) is 28.5. The highest BCUT2D eigenvalue weighted by molar-refractivity contribution is 6.25. The number of hydrazine groups is 1. The molecule has 3 saturated heterocycles. The summed E-state index contributed by atoms with van der Waals surface area (Å²) in [6.45, 7) is 7.42. The monoisotopic (exact) mass is 1180 g/mol. The molecule has 4 aliphatic heterocycles. The van der Waals surface area contributed by atoms with Crippen molar-refractivity contribution in [1.29, 1.82) is 0 Å². The number of imide groups is 2. The smallest absolute Gasteiger partial charge is 0.264 e. The predicted octanol–water partition coefficient (Wildman–Crippen LogP) is 3.89. The number of hydrogen-bond acceptors (Lipinski definition) is 19. The van der Waals surface area contributed by atoms with E-state index in [4.69, 9.17) is 40.0 Å². The van der Waals surface area contributed by atoms with Crippen molar-refractivity contribution in [3.8, 4) is 0 Å². The van der Waals surface area contributed by atoms with E-state index in [1.807, 2.05) is 35.2 Å². The summed E-state index contributed by atoms with van der Waals surface area (Å²) in [6.07, 6.45) is 3.72. The molecule has 0 spiro atoms. The fourth-order valence-corrected chi connectivity index (χ4v) is 10.4. The number of carbonyl (C=O) groups is 6. The number of nitrogens with one attached hydrogen (secondary N) is 5. The number of nitrogens with zero attached hydrogens (tertiary/aromatic N) is 5. The average molecular weight is 1180 g/mol. The molecule has 0 radical (unpaired) electrons. The van der Waals surface area contributed by atoms with Crippen LogP contribution in [0.1, 0.15) is 74.3 Å². The highest BCUT2D eigenvalue weighted by atomic mass is 19.1. The highest BCUT2D eigenvalue weighted by Crippen LogP contribution is 2.33. The summed E-state index contributed by atoms with van der Waals surface area (Å²) < 4.78 is 61.5. The third-order valence-corrected chi connectivity index (χ3v) is 14.7. The standard InChI is InChI=1S/C59H72F2N12O12/c60-40-31-39(32-41(61)34-40)30-38-4-7-48-47(33-38)55(69-68-48)67-56(76)45-6-5-44(35-50(45)65-43-10-18-80-19-11-43)70-13-15-71(16-14-70)53(75)12-20-81-22-24-83-26-28-85-29-27-84-25-23-82-21-17-72(63)37-42(62)36-64-49-3-1-2-46-54(49)59(79)73(58(46)78)51-8-9-52(74)66-57(51)77/h1-7,31-35,37,43,51,64-65H,8-30,36,62-63H2,(H,66,74,77)(H2,67,68,69,76)/b42-37-. The molecule has 6 amide bonds. The van der Waals surface area contributed by atoms with Crippen molar-refractivity contribution in [3.63, 3.8) is 0 Å². The van der Waals surface area contributed by atoms with Crippen LogP contribution in [-0.2, 0) is 49.2 Å². The number of fused-ring (bicyclic) bond motifs is 2. The molecule has 0 saturated carbocycles. The Morgan fingerprint density at radius 3 is 2.14 bits per heavy atom. The molecule has 4 aromatic carbocycles. The Bertz CT molecular complexity index is 3190. The predicted molar refractivity (Wildman–Crippen MR) is 309 cm³/mol. The Balaban J connectivity index is 0.595. The molecule has 3 fully saturated rings. The van der Waals surface area contributed by atoms with Gasteiger partial charge in [0.2, 0.25) is 17.7 Å². The number of nitrogens with two attached hydrogens (primary N) is 2. The van der Waals surface area contributed by atoms with Gasteiger partial charge in [0.25, 0.3) is 17.7 Å². The zero-order valence-electron chi connectivity index (χ0n) is 47.2. The van der Waals surface area contributed by atoms with Crippen molar-refractivity contribution in [1.82, 2.24) is 30.3 Å². The van der Waals surface area contributed by atoms with Crippen LogP contribution in [0.3, 0.4) is 0 Å². The number of rotatable bonds is 30. The second kappa shape index (κ2) is 30.1. The SMILES string of the molecule is N/C(=C\N(N)CCOCCOCCOCCOCCOCCC(=O)N1CCN(c2ccc(C(=O)Nc3n[nH]c4ccc(Cc5cc(F)cc(F)c5)cc34)c(NC3CCOCC3)c2)CC1)CNc1cccc2c1C(=O)N(C1CCC(=O)NC1=O)C2=O. The molecule has 1 unspecified atom stereocenters. The van der Waals surface area contributed by atoms with Gasteiger partial charge in [0.1, 0.15) is 17.7 Å². The lowest BCUT2D eigenvalue weighted by atomic mass is 10.0. The summed E-state index contributed by atoms with van der Waals surface area (Å²) in [6, 6.07) is 18.5. The lowest BCUT2D eigenvalue weighted by Crippen LogP contribution is -2.54. The number of amides is 6. The maximum Gasteiger partial charge on any atom is 0.264 e. The molecule has 5 aromatic rings. The van der Waals surface area contributed by atoms with E-state index in [9.17, 15) is 37.5 Å². The molecular formula is C59H72F2N12O12. The average Bonchev–Trinajstić information content (AvgIpc) is 3.00. The van der Waals surface area contributed by atoms with Crippen LogP contribution in [0.25, 0.3) is 10.9 Å². The number of piperidine rings is 1. The number of hydrogen-bond donors (Lipinski definition) is 7. The maximum atomic E-state index is 14.0. The number of piperazine rings is 1. The Kier molecular flexibility index (Phi) is 21.8. The second-order valence-electron chi connectivity index (χ2n) is 20.8. The molecule has 5 heterocycles. The second-order valence-corrected chi connectivity index (χ2v) is 20.8. The summed E-state index contributed by atoms with van der Waals surface area (Å²) >= 11 is 0. The first kappa shape index (κ1) is 61.5. The van der Waals surface area contributed by atoms with Crippen LogP contribution in [0.4, 0.5) is 31.7 Å². The maximum absolute atomic E-state index is 14.0. The van der Waals surface area contributed by atoms with Crippen LogP contribution >= 0.6 is 0 Å². The molecule has 1 atom stereocenters. The number of aromatic amines is 1. The first-order valence-corrected chi connectivity index (χ1v) is 28.5. The number of anilines is 4. The van der Waals surface area contributed by atoms with Crippen molar-refractivity contribution in [3.05, 3.63) is 124 Å². The molecule has 85 heavy (non-hydrogen) atoms. The van der Waals surface area contributed by atoms with E-state index in [0.29, 0.717) is 150 Å². The Labute approximate surface area is 489 Å². The van der Waals surface area contributed by atoms with Crippen molar-refractivity contribution in [2.75, 3.05) is 139 Å². The Hall–Kier alpha value is -8.11. The molecule has 4 aliphatic rings. The van der Waals surface area contributed by atoms with Gasteiger partial charge in [-0.15, -0.1) is 0 Å². The number of aromatic nitrogens is 2. The van der Waals surface area contributed by atoms with E-state index < -0.39 is 41.3 Å². The summed E-state index contributed by atoms with van der Waals surface area (Å²) in [4.78, 5) is 82.6. The number of carbonyl (C=O) groups excluding carboxylic acids is 6. The minimum absolute atomic E-state index is 0.0136. The van der Waals surface area contributed by atoms with E-state index in [0.717, 1.165) is 35.1 Å². The minimum atomic E-state index is -1.07. The molecular weight excluding hydrogens is 1110 g/mol. The van der Waals surface area contributed by atoms with Crippen LogP contribution in [0, 0.1) is 11.6 Å². The van der Waals surface area contributed by atoms with E-state index in [2.05, 4.69) is 36.4 Å². The summed E-state index contributed by atoms with van der Waals surface area (Å²) in [5.74, 6) is 2.42. The van der Waals surface area contributed by atoms with E-state index >= 15 is 0 Å². The van der Waals surface area contributed by atoms with Gasteiger partial charge >= 0.3 is 0 Å². The first-order chi connectivity index (χ1) is 41.3. The lowest BCUT2D eigenvalue weighted by molar-refractivity contribution is -0.136. The van der Waals surface area contributed by atoms with Crippen LogP contribution in [-0.4, -0.2) is 191 Å². The zero-order valence-corrected chi connectivity index (χ0v) is 47.2. The number of halogens is 2. The van der Waals surface area contributed by atoms with Gasteiger partial charge in [-0.25, -0.2) is 14.6 Å². The number of ether oxygens (including phenoxy) is 6. The van der Waals surface area contributed by atoms with Gasteiger partial charge in [-0.3, -0.25) is 44.1 Å². The van der Waals surface area contributed by atoms with Gasteiger partial charge in [0, 0.05) is 92.3 Å². The van der Waals surface area contributed by atoms with Gasteiger partial charge in [0.15, 0.2) is 5.82 Å². The summed E-state index contributed by atoms with van der Waals surface area (Å²) in [7, 11) is 0. The van der Waals surface area contributed by atoms with Crippen LogP contribution in [0.15, 0.2) is 84.7 Å². The van der Waals surface area contributed by atoms with E-state index in [1.165, 1.54) is 29.4 Å². The summed E-state index contributed by atoms with van der Waals surface area (Å²) in [5, 5.41) is 21.2. The summed E-state index contributed by atoms with van der Waals surface area (Å²) in [5.41, 5.74) is 11.2. The number of H-pyrrole nitrogens is 1. The van der Waals surface area contributed by atoms with Gasteiger partial charge < -0.3 is 64.9 Å². The number of benzene rings is 4. The molecule has 1 aromatic heterocycles. The van der Waals surface area contributed by atoms with Crippen molar-refractivity contribution in [2.24, 2.45) is 11.6 Å². The molecule has 26 heteroatoms. The topological polar surface area (TPSA) is 300 Å². The molecule has 9 N–H and O–H groups in total. The van der Waals surface area contributed by atoms with Crippen molar-refractivity contribution in [2.45, 2.75) is 50.6 Å². The van der Waals surface area contributed by atoms with E-state index in [-0.39, 0.29) is 67.8 Å². The van der Waals surface area contributed by atoms with Crippen molar-refractivity contribution < 1.29 is 66.0 Å². The largest absolute Gasteiger partial charge is 0.399 e. The molecule has 24 nitrogen and oxygen atoms in total. The Morgan fingerprint density at radius 1 is 0.765 bits per heavy atom. The van der Waals surface area contributed by atoms with Gasteiger partial charge in [-0.2, -0.15) is 5.10 Å². The molecule has 9 rings (SSSR count). The van der Waals surface area contributed by atoms with Crippen molar-refractivity contribution >= 4 is 69.2 Å². The quantitative estimate of drug-likeness (QED) is 0.0149. The fraction of sp³-hybridized carbons (Fsp3) is 0.441.